The molecule has 0 aromatic heterocycles. The van der Waals surface area contributed by atoms with Crippen molar-refractivity contribution in [2.24, 2.45) is 5.92 Å². The van der Waals surface area contributed by atoms with Crippen LogP contribution in [-0.2, 0) is 9.47 Å². The van der Waals surface area contributed by atoms with E-state index in [1.165, 1.54) is 0 Å². The number of benzene rings is 1. The molecular weight excluding hydrogens is 228 g/mol. The molecule has 2 rings (SSSR count). The predicted octanol–water partition coefficient (Wildman–Crippen LogP) is 3.05. The second-order valence-corrected chi connectivity index (χ2v) is 4.88. The molecular formula is C15H20O3. The third-order valence-electron chi connectivity index (χ3n) is 3.61. The molecule has 0 radical (unpaired) electrons. The highest BCUT2D eigenvalue weighted by Crippen LogP contribution is 2.31. The van der Waals surface area contributed by atoms with Gasteiger partial charge in [0.05, 0.1) is 17.8 Å². The Hall–Kier alpha value is -1.35. The number of carbonyl (C=O) groups excluding carboxylic acids is 1. The van der Waals surface area contributed by atoms with E-state index in [1.54, 1.807) is 12.1 Å². The summed E-state index contributed by atoms with van der Waals surface area (Å²) in [5.41, 5.74) is 0.594. The van der Waals surface area contributed by atoms with Crippen LogP contribution in [0.4, 0.5) is 0 Å². The fraction of sp³-hybridized carbons (Fsp3) is 0.533. The Kier molecular flexibility index (Phi) is 4.02. The van der Waals surface area contributed by atoms with Gasteiger partial charge in [-0.05, 0) is 25.5 Å². The standard InChI is InChI=1S/C15H20O3/c1-4-13-10(2)14(11(3)17-13)18-15(16)12-8-6-5-7-9-12/h5-11,13-14H,4H2,1-3H3/t10-,11?,13-,14-/m1/s1. The van der Waals surface area contributed by atoms with Gasteiger partial charge in [-0.25, -0.2) is 4.79 Å². The van der Waals surface area contributed by atoms with Gasteiger partial charge in [-0.1, -0.05) is 32.0 Å². The maximum atomic E-state index is 12.0. The molecule has 1 unspecified atom stereocenters. The van der Waals surface area contributed by atoms with Gasteiger partial charge in [-0.15, -0.1) is 0 Å². The van der Waals surface area contributed by atoms with Gasteiger partial charge in [0.15, 0.2) is 0 Å². The summed E-state index contributed by atoms with van der Waals surface area (Å²) < 4.78 is 11.4. The van der Waals surface area contributed by atoms with Crippen molar-refractivity contribution in [3.05, 3.63) is 35.9 Å². The van der Waals surface area contributed by atoms with Crippen molar-refractivity contribution >= 4 is 5.97 Å². The summed E-state index contributed by atoms with van der Waals surface area (Å²) in [6.45, 7) is 6.14. The Morgan fingerprint density at radius 2 is 1.94 bits per heavy atom. The van der Waals surface area contributed by atoms with Crippen molar-refractivity contribution in [2.45, 2.75) is 45.5 Å². The zero-order chi connectivity index (χ0) is 13.1. The van der Waals surface area contributed by atoms with Gasteiger partial charge in [0.1, 0.15) is 6.10 Å². The number of rotatable bonds is 3. The van der Waals surface area contributed by atoms with Gasteiger partial charge < -0.3 is 9.47 Å². The second kappa shape index (κ2) is 5.53. The number of carbonyl (C=O) groups is 1. The smallest absolute Gasteiger partial charge is 0.338 e. The van der Waals surface area contributed by atoms with Gasteiger partial charge in [0.2, 0.25) is 0 Å². The van der Waals surface area contributed by atoms with Crippen LogP contribution in [0.1, 0.15) is 37.6 Å². The van der Waals surface area contributed by atoms with Crippen LogP contribution >= 0.6 is 0 Å². The highest BCUT2D eigenvalue weighted by atomic mass is 16.6. The summed E-state index contributed by atoms with van der Waals surface area (Å²) in [6.07, 6.45) is 0.957. The minimum absolute atomic E-state index is 0.0300. The monoisotopic (exact) mass is 248 g/mol. The summed E-state index contributed by atoms with van der Waals surface area (Å²) in [7, 11) is 0. The zero-order valence-corrected chi connectivity index (χ0v) is 11.1. The van der Waals surface area contributed by atoms with Crippen molar-refractivity contribution in [2.75, 3.05) is 0 Å². The number of esters is 1. The van der Waals surface area contributed by atoms with E-state index < -0.39 is 0 Å². The summed E-state index contributed by atoms with van der Waals surface area (Å²) in [5, 5.41) is 0. The Balaban J connectivity index is 2.04. The van der Waals surface area contributed by atoms with Crippen LogP contribution < -0.4 is 0 Å². The lowest BCUT2D eigenvalue weighted by Gasteiger charge is -2.19. The molecule has 98 valence electrons. The molecule has 1 aromatic rings. The molecule has 18 heavy (non-hydrogen) atoms. The Bertz CT molecular complexity index is 401. The molecule has 4 atom stereocenters. The minimum atomic E-state index is -0.264. The normalized spacial score (nSPS) is 31.3. The van der Waals surface area contributed by atoms with E-state index >= 15 is 0 Å². The number of hydrogen-bond donors (Lipinski definition) is 0. The molecule has 0 saturated carbocycles. The van der Waals surface area contributed by atoms with E-state index in [0.29, 0.717) is 5.56 Å². The second-order valence-electron chi connectivity index (χ2n) is 4.88. The number of hydrogen-bond acceptors (Lipinski definition) is 3. The Morgan fingerprint density at radius 3 is 2.50 bits per heavy atom. The van der Waals surface area contributed by atoms with Gasteiger partial charge >= 0.3 is 5.97 Å². The highest BCUT2D eigenvalue weighted by Gasteiger charge is 2.41. The lowest BCUT2D eigenvalue weighted by Crippen LogP contribution is -2.30. The van der Waals surface area contributed by atoms with Gasteiger partial charge in [-0.2, -0.15) is 0 Å². The average molecular weight is 248 g/mol. The highest BCUT2D eigenvalue weighted by molar-refractivity contribution is 5.89. The fourth-order valence-corrected chi connectivity index (χ4v) is 2.55. The van der Waals surface area contributed by atoms with Gasteiger partial charge in [0, 0.05) is 5.92 Å². The van der Waals surface area contributed by atoms with E-state index in [4.69, 9.17) is 9.47 Å². The molecule has 1 aliphatic rings. The molecule has 1 fully saturated rings. The molecule has 1 saturated heterocycles. The first-order valence-corrected chi connectivity index (χ1v) is 6.55. The topological polar surface area (TPSA) is 35.5 Å². The van der Waals surface area contributed by atoms with Gasteiger partial charge in [0.25, 0.3) is 0 Å². The molecule has 0 bridgehead atoms. The van der Waals surface area contributed by atoms with Crippen LogP contribution in [0.3, 0.4) is 0 Å². The molecule has 3 nitrogen and oxygen atoms in total. The quantitative estimate of drug-likeness (QED) is 0.771. The first kappa shape index (κ1) is 13.1. The van der Waals surface area contributed by atoms with E-state index in [2.05, 4.69) is 13.8 Å². The van der Waals surface area contributed by atoms with Crippen molar-refractivity contribution in [1.82, 2.24) is 0 Å². The molecule has 1 heterocycles. The lowest BCUT2D eigenvalue weighted by atomic mass is 9.97. The largest absolute Gasteiger partial charge is 0.456 e. The Morgan fingerprint density at radius 1 is 1.28 bits per heavy atom. The number of ether oxygens (including phenoxy) is 2. The zero-order valence-electron chi connectivity index (χ0n) is 11.1. The third-order valence-corrected chi connectivity index (χ3v) is 3.61. The molecule has 0 amide bonds. The molecule has 0 spiro atoms. The van der Waals surface area contributed by atoms with E-state index in [0.717, 1.165) is 6.42 Å². The average Bonchev–Trinajstić information content (AvgIpc) is 2.67. The van der Waals surface area contributed by atoms with E-state index in [-0.39, 0.29) is 30.2 Å². The molecule has 1 aromatic carbocycles. The summed E-state index contributed by atoms with van der Waals surface area (Å²) in [6, 6.07) is 9.09. The molecule has 3 heteroatoms. The molecule has 1 aliphatic heterocycles. The van der Waals surface area contributed by atoms with Crippen LogP contribution in [0.5, 0.6) is 0 Å². The van der Waals surface area contributed by atoms with E-state index in [9.17, 15) is 4.79 Å². The maximum Gasteiger partial charge on any atom is 0.338 e. The van der Waals surface area contributed by atoms with Crippen LogP contribution in [0.2, 0.25) is 0 Å². The third kappa shape index (κ3) is 2.56. The van der Waals surface area contributed by atoms with Crippen LogP contribution in [0, 0.1) is 5.92 Å². The summed E-state index contributed by atoms with van der Waals surface area (Å²) in [5.74, 6) is -0.0164. The SMILES string of the molecule is CC[C@H]1OC(C)[C@H](OC(=O)c2ccccc2)[C@@H]1C. The molecule has 0 aliphatic carbocycles. The fourth-order valence-electron chi connectivity index (χ4n) is 2.55. The predicted molar refractivity (Wildman–Crippen MR) is 69.4 cm³/mol. The first-order valence-electron chi connectivity index (χ1n) is 6.55. The maximum absolute atomic E-state index is 12.0. The Labute approximate surface area is 108 Å². The van der Waals surface area contributed by atoms with Crippen LogP contribution in [0.25, 0.3) is 0 Å². The van der Waals surface area contributed by atoms with Crippen molar-refractivity contribution in [1.29, 1.82) is 0 Å². The lowest BCUT2D eigenvalue weighted by molar-refractivity contribution is -0.00504. The van der Waals surface area contributed by atoms with Crippen molar-refractivity contribution in [3.63, 3.8) is 0 Å². The minimum Gasteiger partial charge on any atom is -0.456 e. The molecule has 0 N–H and O–H groups in total. The summed E-state index contributed by atoms with van der Waals surface area (Å²) in [4.78, 5) is 12.0. The van der Waals surface area contributed by atoms with Crippen molar-refractivity contribution in [3.8, 4) is 0 Å². The van der Waals surface area contributed by atoms with Crippen LogP contribution in [-0.4, -0.2) is 24.3 Å². The van der Waals surface area contributed by atoms with E-state index in [1.807, 2.05) is 25.1 Å². The van der Waals surface area contributed by atoms with Gasteiger partial charge in [-0.3, -0.25) is 0 Å². The summed E-state index contributed by atoms with van der Waals surface area (Å²) >= 11 is 0. The van der Waals surface area contributed by atoms with Crippen molar-refractivity contribution < 1.29 is 14.3 Å². The first-order chi connectivity index (χ1) is 8.63. The van der Waals surface area contributed by atoms with Crippen LogP contribution in [0.15, 0.2) is 30.3 Å².